The Bertz CT molecular complexity index is 484. The summed E-state index contributed by atoms with van der Waals surface area (Å²) in [6.45, 7) is 3.66. The van der Waals surface area contributed by atoms with E-state index < -0.39 is 5.72 Å². The lowest BCUT2D eigenvalue weighted by Gasteiger charge is -2.28. The summed E-state index contributed by atoms with van der Waals surface area (Å²) in [5.74, 6) is 0.453. The summed E-state index contributed by atoms with van der Waals surface area (Å²) >= 11 is 0. The summed E-state index contributed by atoms with van der Waals surface area (Å²) in [5.41, 5.74) is 6.45. The molecular formula is C13H17ClN2O2. The highest BCUT2D eigenvalue weighted by atomic mass is 35.5. The van der Waals surface area contributed by atoms with Gasteiger partial charge >= 0.3 is 0 Å². The van der Waals surface area contributed by atoms with Gasteiger partial charge in [-0.15, -0.1) is 12.4 Å². The Labute approximate surface area is 113 Å². The molecule has 0 spiro atoms. The molecule has 0 saturated heterocycles. The van der Waals surface area contributed by atoms with Crippen LogP contribution in [0.15, 0.2) is 30.3 Å². The van der Waals surface area contributed by atoms with E-state index in [0.717, 1.165) is 11.3 Å². The largest absolute Gasteiger partial charge is 0.466 e. The van der Waals surface area contributed by atoms with Crippen LogP contribution in [-0.4, -0.2) is 18.1 Å². The van der Waals surface area contributed by atoms with E-state index in [2.05, 4.69) is 5.32 Å². The highest BCUT2D eigenvalue weighted by Gasteiger charge is 2.29. The molecule has 0 amide bonds. The number of carbonyl (C=O) groups is 1. The summed E-state index contributed by atoms with van der Waals surface area (Å²) < 4.78 is 5.62. The maximum Gasteiger partial charge on any atom is 0.214 e. The van der Waals surface area contributed by atoms with Crippen LogP contribution in [0.4, 0.5) is 5.69 Å². The Hall–Kier alpha value is -1.52. The molecule has 0 bridgehead atoms. The molecule has 1 unspecified atom stereocenters. The Morgan fingerprint density at radius 3 is 2.78 bits per heavy atom. The number of hydrogen-bond donors (Lipinski definition) is 2. The summed E-state index contributed by atoms with van der Waals surface area (Å²) in [7, 11) is 0. The average molecular weight is 269 g/mol. The fraction of sp³-hybridized carbons (Fsp3) is 0.308. The van der Waals surface area contributed by atoms with Crippen LogP contribution in [0.25, 0.3) is 5.76 Å². The number of ether oxygens (including phenoxy) is 1. The Morgan fingerprint density at radius 2 is 2.11 bits per heavy atom. The molecule has 3 N–H and O–H groups in total. The predicted molar refractivity (Wildman–Crippen MR) is 74.5 cm³/mol. The first-order chi connectivity index (χ1) is 8.00. The van der Waals surface area contributed by atoms with Crippen LogP contribution in [0.3, 0.4) is 0 Å². The van der Waals surface area contributed by atoms with Gasteiger partial charge in [0.15, 0.2) is 5.78 Å². The van der Waals surface area contributed by atoms with Gasteiger partial charge in [0.2, 0.25) is 5.72 Å². The average Bonchev–Trinajstić information content (AvgIpc) is 2.29. The quantitative estimate of drug-likeness (QED) is 0.825. The lowest BCUT2D eigenvalue weighted by atomic mass is 10.1. The van der Waals surface area contributed by atoms with E-state index in [1.165, 1.54) is 6.92 Å². The summed E-state index contributed by atoms with van der Waals surface area (Å²) in [4.78, 5) is 11.4. The molecule has 0 saturated carbocycles. The first-order valence-corrected chi connectivity index (χ1v) is 5.53. The molecule has 1 aliphatic heterocycles. The number of para-hydroxylation sites is 1. The molecule has 1 aromatic rings. The van der Waals surface area contributed by atoms with Crippen molar-refractivity contribution in [2.45, 2.75) is 19.6 Å². The van der Waals surface area contributed by atoms with Crippen LogP contribution in [-0.2, 0) is 9.53 Å². The molecule has 1 atom stereocenters. The molecule has 18 heavy (non-hydrogen) atoms. The van der Waals surface area contributed by atoms with Crippen molar-refractivity contribution in [3.8, 4) is 0 Å². The zero-order valence-electron chi connectivity index (χ0n) is 10.4. The van der Waals surface area contributed by atoms with E-state index in [1.54, 1.807) is 6.92 Å². The van der Waals surface area contributed by atoms with E-state index >= 15 is 0 Å². The Morgan fingerprint density at radius 1 is 1.44 bits per heavy atom. The predicted octanol–water partition coefficient (Wildman–Crippen LogP) is 2.16. The van der Waals surface area contributed by atoms with Crippen molar-refractivity contribution >= 4 is 29.6 Å². The number of Topliss-reactive ketones (excluding diaryl/α,β-unsaturated/α-hetero) is 1. The number of halogens is 1. The fourth-order valence-corrected chi connectivity index (χ4v) is 1.61. The van der Waals surface area contributed by atoms with Crippen molar-refractivity contribution in [1.82, 2.24) is 0 Å². The minimum Gasteiger partial charge on any atom is -0.466 e. The number of carbonyl (C=O) groups excluding carboxylic acids is 1. The van der Waals surface area contributed by atoms with Crippen molar-refractivity contribution < 1.29 is 9.53 Å². The van der Waals surface area contributed by atoms with Gasteiger partial charge in [-0.2, -0.15) is 0 Å². The number of fused-ring (bicyclic) bond motifs is 1. The van der Waals surface area contributed by atoms with Gasteiger partial charge in [0.25, 0.3) is 0 Å². The molecule has 0 fully saturated rings. The molecule has 1 aliphatic rings. The minimum atomic E-state index is -1.28. The molecule has 0 radical (unpaired) electrons. The van der Waals surface area contributed by atoms with Crippen molar-refractivity contribution in [2.75, 3.05) is 11.9 Å². The molecule has 1 heterocycles. The van der Waals surface area contributed by atoms with Gasteiger partial charge in [-0.05, 0) is 25.1 Å². The molecule has 5 heteroatoms. The fourth-order valence-electron chi connectivity index (χ4n) is 1.61. The molecule has 98 valence electrons. The second-order valence-electron chi connectivity index (χ2n) is 4.26. The SMILES string of the molecule is CC(=O)C(C)(N)OC1=CCNc2ccccc21.Cl. The molecule has 4 nitrogen and oxygen atoms in total. The standard InChI is InChI=1S/C13H16N2O2.ClH/c1-9(16)13(2,14)17-12-7-8-15-11-6-4-3-5-10(11)12;/h3-7,15H,8,14H2,1-2H3;1H. The van der Waals surface area contributed by atoms with Gasteiger partial charge in [0.05, 0.1) is 0 Å². The maximum atomic E-state index is 11.4. The number of nitrogens with one attached hydrogen (secondary N) is 1. The third-order valence-electron chi connectivity index (χ3n) is 2.79. The number of ketones is 1. The number of rotatable bonds is 3. The normalized spacial score (nSPS) is 16.3. The molecule has 0 aliphatic carbocycles. The molecule has 1 aromatic carbocycles. The molecule has 0 aromatic heterocycles. The van der Waals surface area contributed by atoms with Crippen molar-refractivity contribution in [2.24, 2.45) is 5.73 Å². The zero-order chi connectivity index (χ0) is 12.5. The van der Waals surface area contributed by atoms with Gasteiger partial charge in [-0.1, -0.05) is 12.1 Å². The summed E-state index contributed by atoms with van der Waals surface area (Å²) in [5, 5.41) is 3.23. The van der Waals surface area contributed by atoms with Crippen LogP contribution >= 0.6 is 12.4 Å². The third-order valence-corrected chi connectivity index (χ3v) is 2.79. The third kappa shape index (κ3) is 2.83. The van der Waals surface area contributed by atoms with E-state index in [1.807, 2.05) is 30.3 Å². The van der Waals surface area contributed by atoms with E-state index in [0.29, 0.717) is 12.3 Å². The lowest BCUT2D eigenvalue weighted by Crippen LogP contribution is -2.45. The first-order valence-electron chi connectivity index (χ1n) is 5.53. The zero-order valence-corrected chi connectivity index (χ0v) is 11.2. The van der Waals surface area contributed by atoms with Crippen LogP contribution in [0, 0.1) is 0 Å². The Kier molecular flexibility index (Phi) is 4.38. The number of benzene rings is 1. The van der Waals surface area contributed by atoms with Crippen LogP contribution < -0.4 is 11.1 Å². The molecule has 2 rings (SSSR count). The van der Waals surface area contributed by atoms with Crippen molar-refractivity contribution in [3.63, 3.8) is 0 Å². The van der Waals surface area contributed by atoms with Gasteiger partial charge in [0.1, 0.15) is 5.76 Å². The summed E-state index contributed by atoms with van der Waals surface area (Å²) in [6.07, 6.45) is 1.89. The van der Waals surface area contributed by atoms with E-state index in [-0.39, 0.29) is 18.2 Å². The number of nitrogens with two attached hydrogens (primary N) is 1. The van der Waals surface area contributed by atoms with Crippen LogP contribution in [0.5, 0.6) is 0 Å². The second kappa shape index (κ2) is 5.42. The van der Waals surface area contributed by atoms with Crippen molar-refractivity contribution in [3.05, 3.63) is 35.9 Å². The van der Waals surface area contributed by atoms with Crippen LogP contribution in [0.1, 0.15) is 19.4 Å². The first kappa shape index (κ1) is 14.5. The number of hydrogen-bond acceptors (Lipinski definition) is 4. The van der Waals surface area contributed by atoms with Gasteiger partial charge in [-0.3, -0.25) is 10.5 Å². The second-order valence-corrected chi connectivity index (χ2v) is 4.26. The lowest BCUT2D eigenvalue weighted by molar-refractivity contribution is -0.132. The number of anilines is 1. The van der Waals surface area contributed by atoms with E-state index in [4.69, 9.17) is 10.5 Å². The van der Waals surface area contributed by atoms with E-state index in [9.17, 15) is 4.79 Å². The minimum absolute atomic E-state index is 0. The molecular weight excluding hydrogens is 252 g/mol. The van der Waals surface area contributed by atoms with Crippen molar-refractivity contribution in [1.29, 1.82) is 0 Å². The van der Waals surface area contributed by atoms with Gasteiger partial charge in [-0.25, -0.2) is 0 Å². The smallest absolute Gasteiger partial charge is 0.214 e. The maximum absolute atomic E-state index is 11.4. The van der Waals surface area contributed by atoms with Crippen LogP contribution in [0.2, 0.25) is 0 Å². The van der Waals surface area contributed by atoms with Gasteiger partial charge < -0.3 is 10.1 Å². The monoisotopic (exact) mass is 268 g/mol. The Balaban J connectivity index is 0.00000162. The highest BCUT2D eigenvalue weighted by molar-refractivity contribution is 5.86. The summed E-state index contributed by atoms with van der Waals surface area (Å²) in [6, 6.07) is 7.77. The topological polar surface area (TPSA) is 64.4 Å². The van der Waals surface area contributed by atoms with Gasteiger partial charge in [0, 0.05) is 24.7 Å². The highest BCUT2D eigenvalue weighted by Crippen LogP contribution is 2.30.